The maximum absolute atomic E-state index is 5.80. The largest absolute Gasteiger partial charge is 0.496 e. The Hall–Kier alpha value is -1.10. The first kappa shape index (κ1) is 13.3. The average Bonchev–Trinajstić information content (AvgIpc) is 2.36. The van der Waals surface area contributed by atoms with E-state index < -0.39 is 0 Å². The molecule has 0 spiro atoms. The van der Waals surface area contributed by atoms with Crippen LogP contribution in [-0.4, -0.2) is 39.6 Å². The number of benzene rings is 1. The zero-order valence-electron chi connectivity index (χ0n) is 11.0. The van der Waals surface area contributed by atoms with Crippen LogP contribution in [0.25, 0.3) is 0 Å². The fourth-order valence-corrected chi connectivity index (χ4v) is 2.00. The fourth-order valence-electron chi connectivity index (χ4n) is 2.00. The van der Waals surface area contributed by atoms with Crippen molar-refractivity contribution in [1.82, 2.24) is 5.32 Å². The summed E-state index contributed by atoms with van der Waals surface area (Å²) in [6.07, 6.45) is 0.251. The number of nitrogens with one attached hydrogen (secondary N) is 1. The molecule has 1 heterocycles. The van der Waals surface area contributed by atoms with Crippen molar-refractivity contribution in [1.29, 1.82) is 0 Å². The van der Waals surface area contributed by atoms with Gasteiger partial charge in [-0.15, -0.1) is 0 Å². The van der Waals surface area contributed by atoms with Crippen molar-refractivity contribution in [2.45, 2.75) is 19.1 Å². The molecular weight excluding hydrogens is 230 g/mol. The molecule has 2 rings (SSSR count). The highest BCUT2D eigenvalue weighted by Gasteiger charge is 2.22. The molecule has 1 N–H and O–H groups in total. The Kier molecular flexibility index (Phi) is 4.99. The number of likely N-dealkylation sites (N-methyl/N-ethyl adjacent to an activating group) is 1. The number of rotatable bonds is 7. The lowest BCUT2D eigenvalue weighted by Gasteiger charge is -2.29. The van der Waals surface area contributed by atoms with Crippen molar-refractivity contribution in [3.05, 3.63) is 29.8 Å². The topological polar surface area (TPSA) is 39.7 Å². The van der Waals surface area contributed by atoms with Crippen molar-refractivity contribution in [2.75, 3.05) is 33.5 Å². The second kappa shape index (κ2) is 6.73. The van der Waals surface area contributed by atoms with Gasteiger partial charge < -0.3 is 19.5 Å². The summed E-state index contributed by atoms with van der Waals surface area (Å²) in [7, 11) is 1.70. The van der Waals surface area contributed by atoms with Gasteiger partial charge in [-0.05, 0) is 12.6 Å². The average molecular weight is 251 g/mol. The highest BCUT2D eigenvalue weighted by atomic mass is 16.6. The number of hydrogen-bond donors (Lipinski definition) is 1. The Morgan fingerprint density at radius 3 is 2.78 bits per heavy atom. The van der Waals surface area contributed by atoms with Crippen LogP contribution in [0.5, 0.6) is 5.75 Å². The van der Waals surface area contributed by atoms with Gasteiger partial charge in [0.05, 0.1) is 33.0 Å². The van der Waals surface area contributed by atoms with Crippen molar-refractivity contribution < 1.29 is 14.2 Å². The van der Waals surface area contributed by atoms with Gasteiger partial charge in [0.2, 0.25) is 0 Å². The molecule has 1 unspecified atom stereocenters. The van der Waals surface area contributed by atoms with Crippen LogP contribution in [0, 0.1) is 0 Å². The molecule has 1 aromatic carbocycles. The number of ether oxygens (including phenoxy) is 3. The zero-order chi connectivity index (χ0) is 12.8. The lowest BCUT2D eigenvalue weighted by Crippen LogP contribution is -2.38. The Bertz CT molecular complexity index is 366. The predicted octanol–water partition coefficient (Wildman–Crippen LogP) is 1.76. The first-order chi connectivity index (χ1) is 8.85. The summed E-state index contributed by atoms with van der Waals surface area (Å²) in [6.45, 7) is 5.06. The molecule has 1 saturated heterocycles. The van der Waals surface area contributed by atoms with Gasteiger partial charge in [-0.2, -0.15) is 0 Å². The molecular formula is C14H21NO3. The summed E-state index contributed by atoms with van der Waals surface area (Å²) in [4.78, 5) is 0. The molecule has 18 heavy (non-hydrogen) atoms. The standard InChI is InChI=1S/C14H21NO3/c1-3-15-13(10-18-11-8-17-9-11)12-6-4-5-7-14(12)16-2/h4-7,11,13,15H,3,8-10H2,1-2H3. The van der Waals surface area contributed by atoms with Gasteiger partial charge >= 0.3 is 0 Å². The predicted molar refractivity (Wildman–Crippen MR) is 70.0 cm³/mol. The van der Waals surface area contributed by atoms with E-state index >= 15 is 0 Å². The highest BCUT2D eigenvalue weighted by Crippen LogP contribution is 2.25. The maximum atomic E-state index is 5.80. The van der Waals surface area contributed by atoms with Crippen LogP contribution in [0.3, 0.4) is 0 Å². The van der Waals surface area contributed by atoms with Crippen LogP contribution in [0.15, 0.2) is 24.3 Å². The van der Waals surface area contributed by atoms with Gasteiger partial charge in [-0.1, -0.05) is 25.1 Å². The quantitative estimate of drug-likeness (QED) is 0.801. The summed E-state index contributed by atoms with van der Waals surface area (Å²) in [5.41, 5.74) is 1.14. The van der Waals surface area contributed by atoms with E-state index in [1.165, 1.54) is 0 Å². The van der Waals surface area contributed by atoms with Gasteiger partial charge in [0.1, 0.15) is 11.9 Å². The van der Waals surface area contributed by atoms with E-state index in [0.717, 1.165) is 17.9 Å². The fraction of sp³-hybridized carbons (Fsp3) is 0.571. The third-order valence-corrected chi connectivity index (χ3v) is 3.07. The van der Waals surface area contributed by atoms with Gasteiger partial charge in [0.25, 0.3) is 0 Å². The minimum atomic E-state index is 0.159. The summed E-state index contributed by atoms with van der Waals surface area (Å²) in [5.74, 6) is 0.900. The molecule has 1 aliphatic rings. The Balaban J connectivity index is 2.02. The molecule has 0 aromatic heterocycles. The Morgan fingerprint density at radius 1 is 1.39 bits per heavy atom. The molecule has 100 valence electrons. The molecule has 4 heteroatoms. The highest BCUT2D eigenvalue weighted by molar-refractivity contribution is 5.35. The number of hydrogen-bond acceptors (Lipinski definition) is 4. The van der Waals surface area contributed by atoms with Crippen LogP contribution in [0.2, 0.25) is 0 Å². The van der Waals surface area contributed by atoms with E-state index in [1.54, 1.807) is 7.11 Å². The minimum absolute atomic E-state index is 0.159. The van der Waals surface area contributed by atoms with Gasteiger partial charge in [0.15, 0.2) is 0 Å². The molecule has 0 aliphatic carbocycles. The SMILES string of the molecule is CCNC(COC1COC1)c1ccccc1OC. The summed E-state index contributed by atoms with van der Waals surface area (Å²) >= 11 is 0. The van der Waals surface area contributed by atoms with Gasteiger partial charge in [-0.25, -0.2) is 0 Å². The lowest BCUT2D eigenvalue weighted by molar-refractivity contribution is -0.133. The van der Waals surface area contributed by atoms with Crippen LogP contribution in [0.1, 0.15) is 18.5 Å². The Labute approximate surface area is 108 Å². The van der Waals surface area contributed by atoms with Crippen molar-refractivity contribution in [2.24, 2.45) is 0 Å². The van der Waals surface area contributed by atoms with Gasteiger partial charge in [-0.3, -0.25) is 0 Å². The molecule has 0 radical (unpaired) electrons. The van der Waals surface area contributed by atoms with Crippen LogP contribution in [-0.2, 0) is 9.47 Å². The third kappa shape index (κ3) is 3.22. The van der Waals surface area contributed by atoms with E-state index in [0.29, 0.717) is 19.8 Å². The van der Waals surface area contributed by atoms with Crippen molar-refractivity contribution >= 4 is 0 Å². The summed E-state index contributed by atoms with van der Waals surface area (Å²) in [5, 5.41) is 3.43. The first-order valence-corrected chi connectivity index (χ1v) is 6.40. The molecule has 0 saturated carbocycles. The van der Waals surface area contributed by atoms with E-state index in [4.69, 9.17) is 14.2 Å². The van der Waals surface area contributed by atoms with Gasteiger partial charge in [0, 0.05) is 5.56 Å². The minimum Gasteiger partial charge on any atom is -0.496 e. The van der Waals surface area contributed by atoms with E-state index in [1.807, 2.05) is 18.2 Å². The summed E-state index contributed by atoms with van der Waals surface area (Å²) < 4.78 is 16.3. The summed E-state index contributed by atoms with van der Waals surface area (Å²) in [6, 6.07) is 8.21. The molecule has 1 atom stereocenters. The second-order valence-electron chi connectivity index (χ2n) is 4.35. The maximum Gasteiger partial charge on any atom is 0.123 e. The molecule has 0 bridgehead atoms. The van der Waals surface area contributed by atoms with Crippen LogP contribution in [0.4, 0.5) is 0 Å². The molecule has 4 nitrogen and oxygen atoms in total. The van der Waals surface area contributed by atoms with E-state index in [9.17, 15) is 0 Å². The monoisotopic (exact) mass is 251 g/mol. The van der Waals surface area contributed by atoms with Crippen LogP contribution >= 0.6 is 0 Å². The zero-order valence-corrected chi connectivity index (χ0v) is 11.0. The van der Waals surface area contributed by atoms with Crippen LogP contribution < -0.4 is 10.1 Å². The molecule has 0 amide bonds. The smallest absolute Gasteiger partial charge is 0.123 e. The number of methoxy groups -OCH3 is 1. The Morgan fingerprint density at radius 2 is 2.17 bits per heavy atom. The second-order valence-corrected chi connectivity index (χ2v) is 4.35. The normalized spacial score (nSPS) is 17.2. The van der Waals surface area contributed by atoms with Crippen molar-refractivity contribution in [3.8, 4) is 5.75 Å². The van der Waals surface area contributed by atoms with E-state index in [2.05, 4.69) is 18.3 Å². The third-order valence-electron chi connectivity index (χ3n) is 3.07. The first-order valence-electron chi connectivity index (χ1n) is 6.40. The van der Waals surface area contributed by atoms with Crippen molar-refractivity contribution in [3.63, 3.8) is 0 Å². The van der Waals surface area contributed by atoms with E-state index in [-0.39, 0.29) is 12.1 Å². The lowest BCUT2D eigenvalue weighted by atomic mass is 10.1. The molecule has 1 aromatic rings. The number of para-hydroxylation sites is 1. The molecule has 1 fully saturated rings. The molecule has 1 aliphatic heterocycles.